The second-order valence-corrected chi connectivity index (χ2v) is 6.50. The molecule has 0 N–H and O–H groups in total. The Morgan fingerprint density at radius 1 is 1.13 bits per heavy atom. The van der Waals surface area contributed by atoms with Gasteiger partial charge in [0.05, 0.1) is 25.1 Å². The van der Waals surface area contributed by atoms with E-state index in [1.165, 1.54) is 25.7 Å². The lowest BCUT2D eigenvalue weighted by Crippen LogP contribution is -2.12. The summed E-state index contributed by atoms with van der Waals surface area (Å²) in [6, 6.07) is 1.87. The average Bonchev–Trinajstić information content (AvgIpc) is 3.26. The van der Waals surface area contributed by atoms with E-state index in [-0.39, 0.29) is 17.8 Å². The summed E-state index contributed by atoms with van der Waals surface area (Å²) >= 11 is 0. The molecule has 0 amide bonds. The standard InChI is InChI=1S/C19H25NO3/c1-22-19-13-20-15(10-11-17(21)14-6-2-3-7-14)12-18(19)23-16-8-4-5-9-16/h10-14,16H,2-9H2,1H3. The van der Waals surface area contributed by atoms with Crippen LogP contribution in [0.1, 0.15) is 57.1 Å². The number of hydrogen-bond donors (Lipinski definition) is 0. The molecule has 0 saturated heterocycles. The number of nitrogens with zero attached hydrogens (tertiary/aromatic N) is 1. The number of hydrogen-bond acceptors (Lipinski definition) is 4. The Kier molecular flexibility index (Phi) is 5.31. The Labute approximate surface area is 137 Å². The summed E-state index contributed by atoms with van der Waals surface area (Å²) < 4.78 is 11.4. The van der Waals surface area contributed by atoms with Crippen LogP contribution in [-0.4, -0.2) is 24.0 Å². The first-order chi connectivity index (χ1) is 11.3. The van der Waals surface area contributed by atoms with Crippen LogP contribution in [0.15, 0.2) is 18.3 Å². The van der Waals surface area contributed by atoms with Crippen LogP contribution < -0.4 is 9.47 Å². The van der Waals surface area contributed by atoms with Crippen molar-refractivity contribution in [1.82, 2.24) is 4.98 Å². The monoisotopic (exact) mass is 315 g/mol. The number of ketones is 1. The molecule has 0 aliphatic heterocycles. The summed E-state index contributed by atoms with van der Waals surface area (Å²) in [5.41, 5.74) is 0.741. The number of carbonyl (C=O) groups excluding carboxylic acids is 1. The van der Waals surface area contributed by atoms with Crippen LogP contribution in [0, 0.1) is 5.92 Å². The number of aromatic nitrogens is 1. The van der Waals surface area contributed by atoms with Crippen LogP contribution in [0.4, 0.5) is 0 Å². The second kappa shape index (κ2) is 7.62. The summed E-state index contributed by atoms with van der Waals surface area (Å²) in [6.45, 7) is 0. The number of rotatable bonds is 6. The maximum Gasteiger partial charge on any atom is 0.179 e. The van der Waals surface area contributed by atoms with Gasteiger partial charge >= 0.3 is 0 Å². The van der Waals surface area contributed by atoms with Gasteiger partial charge in [0.15, 0.2) is 17.3 Å². The average molecular weight is 315 g/mol. The third kappa shape index (κ3) is 4.12. The van der Waals surface area contributed by atoms with E-state index in [0.29, 0.717) is 5.75 Å². The fraction of sp³-hybridized carbons (Fsp3) is 0.579. The maximum absolute atomic E-state index is 12.1. The number of ether oxygens (including phenoxy) is 2. The van der Waals surface area contributed by atoms with Gasteiger partial charge in [0, 0.05) is 12.0 Å². The van der Waals surface area contributed by atoms with Gasteiger partial charge < -0.3 is 9.47 Å². The fourth-order valence-corrected chi connectivity index (χ4v) is 3.48. The van der Waals surface area contributed by atoms with Crippen LogP contribution in [-0.2, 0) is 4.79 Å². The lowest BCUT2D eigenvalue weighted by Gasteiger charge is -2.15. The Morgan fingerprint density at radius 2 is 1.83 bits per heavy atom. The Hall–Kier alpha value is -1.84. The lowest BCUT2D eigenvalue weighted by molar-refractivity contribution is -0.117. The molecular formula is C19H25NO3. The molecule has 0 spiro atoms. The van der Waals surface area contributed by atoms with Gasteiger partial charge in [-0.25, -0.2) is 0 Å². The molecule has 0 aromatic carbocycles. The quantitative estimate of drug-likeness (QED) is 0.739. The summed E-state index contributed by atoms with van der Waals surface area (Å²) in [6.07, 6.45) is 14.4. The molecule has 2 fully saturated rings. The molecule has 2 saturated carbocycles. The Morgan fingerprint density at radius 3 is 2.52 bits per heavy atom. The predicted molar refractivity (Wildman–Crippen MR) is 89.7 cm³/mol. The van der Waals surface area contributed by atoms with Gasteiger partial charge in [-0.15, -0.1) is 0 Å². The van der Waals surface area contributed by atoms with Crippen LogP contribution in [0.2, 0.25) is 0 Å². The van der Waals surface area contributed by atoms with E-state index in [1.54, 1.807) is 25.5 Å². The molecule has 0 radical (unpaired) electrons. The SMILES string of the molecule is COc1cnc(C=CC(=O)C2CCCC2)cc1OC1CCCC1. The molecule has 2 aliphatic carbocycles. The van der Waals surface area contributed by atoms with Crippen LogP contribution in [0.5, 0.6) is 11.5 Å². The van der Waals surface area contributed by atoms with E-state index in [1.807, 2.05) is 6.07 Å². The van der Waals surface area contributed by atoms with E-state index >= 15 is 0 Å². The van der Waals surface area contributed by atoms with Gasteiger partial charge in [0.1, 0.15) is 0 Å². The van der Waals surface area contributed by atoms with E-state index < -0.39 is 0 Å². The molecule has 1 aromatic rings. The molecule has 0 unspecified atom stereocenters. The number of allylic oxidation sites excluding steroid dienone is 1. The van der Waals surface area contributed by atoms with Gasteiger partial charge in [0.2, 0.25) is 0 Å². The first kappa shape index (κ1) is 16.0. The third-order valence-electron chi connectivity index (χ3n) is 4.84. The highest BCUT2D eigenvalue weighted by molar-refractivity contribution is 5.95. The van der Waals surface area contributed by atoms with Crippen LogP contribution >= 0.6 is 0 Å². The van der Waals surface area contributed by atoms with Crippen molar-refractivity contribution in [1.29, 1.82) is 0 Å². The molecule has 2 aliphatic rings. The summed E-state index contributed by atoms with van der Waals surface area (Å²) in [5.74, 6) is 1.80. The van der Waals surface area contributed by atoms with E-state index in [9.17, 15) is 4.79 Å². The van der Waals surface area contributed by atoms with Crippen molar-refractivity contribution in [3.05, 3.63) is 24.0 Å². The molecule has 3 rings (SSSR count). The van der Waals surface area contributed by atoms with Gasteiger partial charge in [0.25, 0.3) is 0 Å². The number of methoxy groups -OCH3 is 1. The maximum atomic E-state index is 12.1. The predicted octanol–water partition coefficient (Wildman–Crippen LogP) is 4.18. The van der Waals surface area contributed by atoms with Crippen LogP contribution in [0.3, 0.4) is 0 Å². The summed E-state index contributed by atoms with van der Waals surface area (Å²) in [4.78, 5) is 16.5. The normalized spacial score (nSPS) is 19.5. The molecule has 0 atom stereocenters. The van der Waals surface area contributed by atoms with Crippen molar-refractivity contribution >= 4 is 11.9 Å². The molecule has 0 bridgehead atoms. The molecule has 4 nitrogen and oxygen atoms in total. The Bertz CT molecular complexity index is 570. The van der Waals surface area contributed by atoms with E-state index in [0.717, 1.165) is 37.1 Å². The van der Waals surface area contributed by atoms with Crippen molar-refractivity contribution in [3.8, 4) is 11.5 Å². The smallest absolute Gasteiger partial charge is 0.179 e. The summed E-state index contributed by atoms with van der Waals surface area (Å²) in [5, 5.41) is 0. The van der Waals surface area contributed by atoms with Gasteiger partial charge in [-0.05, 0) is 50.7 Å². The minimum atomic E-state index is 0.207. The zero-order valence-corrected chi connectivity index (χ0v) is 13.8. The second-order valence-electron chi connectivity index (χ2n) is 6.50. The first-order valence-corrected chi connectivity index (χ1v) is 8.69. The number of pyridine rings is 1. The molecule has 4 heteroatoms. The number of carbonyl (C=O) groups is 1. The van der Waals surface area contributed by atoms with Gasteiger partial charge in [-0.2, -0.15) is 0 Å². The lowest BCUT2D eigenvalue weighted by atomic mass is 10.0. The molecule has 1 aromatic heterocycles. The van der Waals surface area contributed by atoms with Gasteiger partial charge in [-0.1, -0.05) is 12.8 Å². The minimum Gasteiger partial charge on any atom is -0.491 e. The van der Waals surface area contributed by atoms with Crippen molar-refractivity contribution in [2.24, 2.45) is 5.92 Å². The third-order valence-corrected chi connectivity index (χ3v) is 4.84. The van der Waals surface area contributed by atoms with Crippen molar-refractivity contribution < 1.29 is 14.3 Å². The molecular weight excluding hydrogens is 290 g/mol. The largest absolute Gasteiger partial charge is 0.491 e. The fourth-order valence-electron chi connectivity index (χ4n) is 3.48. The topological polar surface area (TPSA) is 48.4 Å². The zero-order chi connectivity index (χ0) is 16.1. The highest BCUT2D eigenvalue weighted by atomic mass is 16.5. The van der Waals surface area contributed by atoms with E-state index in [4.69, 9.17) is 9.47 Å². The Balaban J connectivity index is 1.70. The molecule has 23 heavy (non-hydrogen) atoms. The first-order valence-electron chi connectivity index (χ1n) is 8.69. The highest BCUT2D eigenvalue weighted by Crippen LogP contribution is 2.32. The van der Waals surface area contributed by atoms with Crippen LogP contribution in [0.25, 0.3) is 6.08 Å². The summed E-state index contributed by atoms with van der Waals surface area (Å²) in [7, 11) is 1.62. The molecule has 124 valence electrons. The van der Waals surface area contributed by atoms with Gasteiger partial charge in [-0.3, -0.25) is 9.78 Å². The van der Waals surface area contributed by atoms with Crippen molar-refractivity contribution in [3.63, 3.8) is 0 Å². The van der Waals surface area contributed by atoms with Crippen molar-refractivity contribution in [2.45, 2.75) is 57.5 Å². The highest BCUT2D eigenvalue weighted by Gasteiger charge is 2.21. The minimum absolute atomic E-state index is 0.207. The zero-order valence-electron chi connectivity index (χ0n) is 13.8. The van der Waals surface area contributed by atoms with E-state index in [2.05, 4.69) is 4.98 Å². The van der Waals surface area contributed by atoms with Crippen molar-refractivity contribution in [2.75, 3.05) is 7.11 Å². The molecule has 1 heterocycles.